The number of aryl methyl sites for hydroxylation is 1. The quantitative estimate of drug-likeness (QED) is 0.763. The highest BCUT2D eigenvalue weighted by Crippen LogP contribution is 2.27. The van der Waals surface area contributed by atoms with E-state index in [1.165, 1.54) is 0 Å². The van der Waals surface area contributed by atoms with E-state index in [-0.39, 0.29) is 6.04 Å². The van der Waals surface area contributed by atoms with Gasteiger partial charge in [-0.3, -0.25) is 4.98 Å². The summed E-state index contributed by atoms with van der Waals surface area (Å²) in [5, 5.41) is 1.81. The first-order valence-electron chi connectivity index (χ1n) is 6.51. The SMILES string of the molecule is Cc1ccc(Cl)cc1C(N)c1ccc2ncccc2c1. The zero-order chi connectivity index (χ0) is 14.1. The molecular formula is C17H15ClN2. The molecule has 0 bridgehead atoms. The maximum Gasteiger partial charge on any atom is 0.0702 e. The van der Waals surface area contributed by atoms with Crippen molar-refractivity contribution in [2.45, 2.75) is 13.0 Å². The third-order valence-electron chi connectivity index (χ3n) is 3.56. The second kappa shape index (κ2) is 5.23. The summed E-state index contributed by atoms with van der Waals surface area (Å²) in [5.41, 5.74) is 10.6. The predicted molar refractivity (Wildman–Crippen MR) is 84.0 cm³/mol. The Bertz CT molecular complexity index is 768. The van der Waals surface area contributed by atoms with Gasteiger partial charge in [0.15, 0.2) is 0 Å². The van der Waals surface area contributed by atoms with Crippen molar-refractivity contribution < 1.29 is 0 Å². The number of benzene rings is 2. The molecule has 20 heavy (non-hydrogen) atoms. The Kier molecular flexibility index (Phi) is 3.43. The van der Waals surface area contributed by atoms with Gasteiger partial charge in [0, 0.05) is 16.6 Å². The van der Waals surface area contributed by atoms with Crippen molar-refractivity contribution in [1.29, 1.82) is 0 Å². The summed E-state index contributed by atoms with van der Waals surface area (Å²) in [6, 6.07) is 15.7. The number of aromatic nitrogens is 1. The maximum atomic E-state index is 6.40. The summed E-state index contributed by atoms with van der Waals surface area (Å²) in [6.45, 7) is 2.05. The molecule has 1 unspecified atom stereocenters. The lowest BCUT2D eigenvalue weighted by atomic mass is 9.95. The molecule has 0 aliphatic carbocycles. The minimum absolute atomic E-state index is 0.182. The standard InChI is InChI=1S/C17H15ClN2/c1-11-4-6-14(18)10-15(11)17(19)13-5-7-16-12(9-13)3-2-8-20-16/h2-10,17H,19H2,1H3. The number of hydrogen-bond acceptors (Lipinski definition) is 2. The fraction of sp³-hybridized carbons (Fsp3) is 0.118. The molecule has 2 aromatic carbocycles. The van der Waals surface area contributed by atoms with Crippen LogP contribution < -0.4 is 5.73 Å². The molecule has 0 saturated carbocycles. The van der Waals surface area contributed by atoms with Crippen LogP contribution >= 0.6 is 11.6 Å². The maximum absolute atomic E-state index is 6.40. The lowest BCUT2D eigenvalue weighted by molar-refractivity contribution is 0.863. The number of nitrogens with zero attached hydrogens (tertiary/aromatic N) is 1. The third kappa shape index (κ3) is 2.40. The van der Waals surface area contributed by atoms with Gasteiger partial charge in [0.1, 0.15) is 0 Å². The second-order valence-electron chi connectivity index (χ2n) is 4.93. The van der Waals surface area contributed by atoms with Crippen molar-refractivity contribution >= 4 is 22.5 Å². The highest BCUT2D eigenvalue weighted by molar-refractivity contribution is 6.30. The minimum Gasteiger partial charge on any atom is -0.320 e. The highest BCUT2D eigenvalue weighted by atomic mass is 35.5. The van der Waals surface area contributed by atoms with E-state index in [1.54, 1.807) is 6.20 Å². The van der Waals surface area contributed by atoms with Gasteiger partial charge in [0.05, 0.1) is 11.6 Å². The van der Waals surface area contributed by atoms with Crippen molar-refractivity contribution in [3.8, 4) is 0 Å². The second-order valence-corrected chi connectivity index (χ2v) is 5.37. The van der Waals surface area contributed by atoms with Gasteiger partial charge in [-0.1, -0.05) is 29.8 Å². The monoisotopic (exact) mass is 282 g/mol. The molecule has 3 aromatic rings. The van der Waals surface area contributed by atoms with Gasteiger partial charge in [-0.2, -0.15) is 0 Å². The first-order chi connectivity index (χ1) is 9.65. The van der Waals surface area contributed by atoms with Crippen molar-refractivity contribution in [2.24, 2.45) is 5.73 Å². The van der Waals surface area contributed by atoms with E-state index < -0.39 is 0 Å². The van der Waals surface area contributed by atoms with Gasteiger partial charge >= 0.3 is 0 Å². The molecule has 0 radical (unpaired) electrons. The van der Waals surface area contributed by atoms with E-state index in [0.29, 0.717) is 5.02 Å². The molecule has 0 fully saturated rings. The lowest BCUT2D eigenvalue weighted by Crippen LogP contribution is -2.13. The van der Waals surface area contributed by atoms with Gasteiger partial charge in [-0.15, -0.1) is 0 Å². The third-order valence-corrected chi connectivity index (χ3v) is 3.80. The predicted octanol–water partition coefficient (Wildman–Crippen LogP) is 4.24. The summed E-state index contributed by atoms with van der Waals surface area (Å²) in [5.74, 6) is 0. The Morgan fingerprint density at radius 3 is 2.80 bits per heavy atom. The van der Waals surface area contributed by atoms with Crippen molar-refractivity contribution in [1.82, 2.24) is 4.98 Å². The van der Waals surface area contributed by atoms with E-state index in [0.717, 1.165) is 27.6 Å². The van der Waals surface area contributed by atoms with Crippen molar-refractivity contribution in [3.05, 3.63) is 76.4 Å². The molecule has 2 N–H and O–H groups in total. The normalized spacial score (nSPS) is 12.6. The van der Waals surface area contributed by atoms with E-state index in [1.807, 2.05) is 49.4 Å². The number of pyridine rings is 1. The number of nitrogens with two attached hydrogens (primary N) is 1. The molecular weight excluding hydrogens is 268 g/mol. The lowest BCUT2D eigenvalue weighted by Gasteiger charge is -2.16. The average molecular weight is 283 g/mol. The average Bonchev–Trinajstić information content (AvgIpc) is 2.48. The van der Waals surface area contributed by atoms with E-state index in [4.69, 9.17) is 17.3 Å². The van der Waals surface area contributed by atoms with E-state index in [2.05, 4.69) is 11.1 Å². The van der Waals surface area contributed by atoms with Crippen LogP contribution in [-0.4, -0.2) is 4.98 Å². The van der Waals surface area contributed by atoms with Crippen LogP contribution in [0.2, 0.25) is 5.02 Å². The summed E-state index contributed by atoms with van der Waals surface area (Å²) in [6.07, 6.45) is 1.79. The van der Waals surface area contributed by atoms with Gasteiger partial charge in [-0.05, 0) is 53.9 Å². The summed E-state index contributed by atoms with van der Waals surface area (Å²) < 4.78 is 0. The first kappa shape index (κ1) is 13.1. The molecule has 0 aliphatic rings. The van der Waals surface area contributed by atoms with Crippen LogP contribution in [0.4, 0.5) is 0 Å². The molecule has 3 heteroatoms. The fourth-order valence-electron chi connectivity index (χ4n) is 2.41. The van der Waals surface area contributed by atoms with Crippen molar-refractivity contribution in [3.63, 3.8) is 0 Å². The smallest absolute Gasteiger partial charge is 0.0702 e. The van der Waals surface area contributed by atoms with Crippen LogP contribution in [0.25, 0.3) is 10.9 Å². The van der Waals surface area contributed by atoms with Crippen LogP contribution in [0.15, 0.2) is 54.7 Å². The Balaban J connectivity index is 2.07. The largest absolute Gasteiger partial charge is 0.320 e. The number of rotatable bonds is 2. The zero-order valence-corrected chi connectivity index (χ0v) is 11.9. The van der Waals surface area contributed by atoms with Crippen molar-refractivity contribution in [2.75, 3.05) is 0 Å². The van der Waals surface area contributed by atoms with Gasteiger partial charge in [0.25, 0.3) is 0 Å². The Morgan fingerprint density at radius 2 is 1.95 bits per heavy atom. The number of fused-ring (bicyclic) bond motifs is 1. The van der Waals surface area contributed by atoms with Crippen LogP contribution in [0.5, 0.6) is 0 Å². The molecule has 0 spiro atoms. The molecule has 0 aliphatic heterocycles. The topological polar surface area (TPSA) is 38.9 Å². The highest BCUT2D eigenvalue weighted by Gasteiger charge is 2.12. The minimum atomic E-state index is -0.182. The van der Waals surface area contributed by atoms with Crippen LogP contribution in [0.3, 0.4) is 0 Å². The molecule has 1 heterocycles. The Labute approximate surface area is 123 Å². The number of hydrogen-bond donors (Lipinski definition) is 1. The molecule has 0 amide bonds. The molecule has 1 aromatic heterocycles. The summed E-state index contributed by atoms with van der Waals surface area (Å²) in [7, 11) is 0. The summed E-state index contributed by atoms with van der Waals surface area (Å²) >= 11 is 6.08. The molecule has 2 nitrogen and oxygen atoms in total. The Morgan fingerprint density at radius 1 is 1.10 bits per heavy atom. The van der Waals surface area contributed by atoms with Crippen LogP contribution in [0, 0.1) is 6.92 Å². The van der Waals surface area contributed by atoms with E-state index in [9.17, 15) is 0 Å². The first-order valence-corrected chi connectivity index (χ1v) is 6.89. The zero-order valence-electron chi connectivity index (χ0n) is 11.2. The molecule has 100 valence electrons. The van der Waals surface area contributed by atoms with Crippen LogP contribution in [0.1, 0.15) is 22.7 Å². The molecule has 0 saturated heterocycles. The Hall–Kier alpha value is -1.90. The van der Waals surface area contributed by atoms with Gasteiger partial charge in [0.2, 0.25) is 0 Å². The summed E-state index contributed by atoms with van der Waals surface area (Å²) in [4.78, 5) is 4.32. The number of halogens is 1. The van der Waals surface area contributed by atoms with Gasteiger partial charge in [-0.25, -0.2) is 0 Å². The molecule has 1 atom stereocenters. The molecule has 3 rings (SSSR count). The van der Waals surface area contributed by atoms with Crippen LogP contribution in [-0.2, 0) is 0 Å². The van der Waals surface area contributed by atoms with Gasteiger partial charge < -0.3 is 5.73 Å². The van der Waals surface area contributed by atoms with E-state index >= 15 is 0 Å². The fourth-order valence-corrected chi connectivity index (χ4v) is 2.59.